The van der Waals surface area contributed by atoms with E-state index in [1.165, 1.54) is 23.4 Å². The molecule has 9 nitrogen and oxygen atoms in total. The van der Waals surface area contributed by atoms with Gasteiger partial charge in [-0.25, -0.2) is 21.8 Å². The summed E-state index contributed by atoms with van der Waals surface area (Å²) in [6, 6.07) is 11.5. The smallest absolute Gasteiger partial charge is 0.252 e. The third-order valence-corrected chi connectivity index (χ3v) is 8.76. The van der Waals surface area contributed by atoms with E-state index in [1.54, 1.807) is 18.3 Å². The fraction of sp³-hybridized carbons (Fsp3) is 0.400. The predicted octanol–water partition coefficient (Wildman–Crippen LogP) is 0.757. The van der Waals surface area contributed by atoms with Crippen molar-refractivity contribution in [2.75, 3.05) is 49.1 Å². The number of nitrogens with one attached hydrogen (secondary N) is 1. The number of piperazine rings is 1. The van der Waals surface area contributed by atoms with E-state index >= 15 is 0 Å². The van der Waals surface area contributed by atoms with E-state index in [0.29, 0.717) is 26.2 Å². The molecule has 0 radical (unpaired) electrons. The van der Waals surface area contributed by atoms with Crippen LogP contribution in [0.1, 0.15) is 17.3 Å². The van der Waals surface area contributed by atoms with Crippen LogP contribution in [0.5, 0.6) is 0 Å². The minimum atomic E-state index is -3.57. The van der Waals surface area contributed by atoms with Gasteiger partial charge in [0.1, 0.15) is 5.82 Å². The van der Waals surface area contributed by atoms with E-state index in [4.69, 9.17) is 0 Å². The van der Waals surface area contributed by atoms with Crippen molar-refractivity contribution in [3.05, 3.63) is 54.2 Å². The van der Waals surface area contributed by atoms with Gasteiger partial charge in [0.2, 0.25) is 10.0 Å². The predicted molar refractivity (Wildman–Crippen MR) is 118 cm³/mol. The normalized spacial score (nSPS) is 15.6. The second-order valence-corrected chi connectivity index (χ2v) is 11.4. The van der Waals surface area contributed by atoms with Crippen LogP contribution in [0.4, 0.5) is 5.82 Å². The van der Waals surface area contributed by atoms with Crippen LogP contribution in [0.3, 0.4) is 0 Å². The highest BCUT2D eigenvalue weighted by atomic mass is 32.2. The number of amides is 1. The maximum atomic E-state index is 12.7. The number of sulfone groups is 1. The zero-order chi connectivity index (χ0) is 22.5. The molecule has 0 saturated carbocycles. The topological polar surface area (TPSA) is 117 Å². The Hall–Kier alpha value is -2.50. The average Bonchev–Trinajstić information content (AvgIpc) is 2.79. The number of aromatic nitrogens is 1. The molecule has 1 aliphatic heterocycles. The summed E-state index contributed by atoms with van der Waals surface area (Å²) in [6.45, 7) is 3.14. The summed E-state index contributed by atoms with van der Waals surface area (Å²) >= 11 is 0. The molecule has 0 unspecified atom stereocenters. The van der Waals surface area contributed by atoms with Crippen molar-refractivity contribution in [1.82, 2.24) is 14.6 Å². The van der Waals surface area contributed by atoms with Crippen LogP contribution in [0, 0.1) is 0 Å². The third-order valence-electron chi connectivity index (χ3n) is 5.10. The highest BCUT2D eigenvalue weighted by Gasteiger charge is 2.27. The van der Waals surface area contributed by atoms with Gasteiger partial charge < -0.3 is 10.2 Å². The number of sulfonamides is 1. The summed E-state index contributed by atoms with van der Waals surface area (Å²) in [6.07, 6.45) is 1.70. The zero-order valence-corrected chi connectivity index (χ0v) is 18.9. The highest BCUT2D eigenvalue weighted by Crippen LogP contribution is 2.17. The van der Waals surface area contributed by atoms with E-state index in [0.717, 1.165) is 5.82 Å². The molecule has 11 heteroatoms. The lowest BCUT2D eigenvalue weighted by Gasteiger charge is -2.34. The Kier molecular flexibility index (Phi) is 7.29. The molecule has 0 atom stereocenters. The van der Waals surface area contributed by atoms with E-state index in [-0.39, 0.29) is 28.5 Å². The number of carbonyl (C=O) groups excluding carboxylic acids is 1. The fourth-order valence-corrected chi connectivity index (χ4v) is 5.77. The summed E-state index contributed by atoms with van der Waals surface area (Å²) in [4.78, 5) is 18.8. The Morgan fingerprint density at radius 2 is 1.68 bits per heavy atom. The van der Waals surface area contributed by atoms with Crippen LogP contribution >= 0.6 is 0 Å². The molecule has 1 fully saturated rings. The maximum absolute atomic E-state index is 12.7. The largest absolute Gasteiger partial charge is 0.354 e. The molecule has 1 N–H and O–H groups in total. The Balaban J connectivity index is 1.56. The Morgan fingerprint density at radius 1 is 1.00 bits per heavy atom. The highest BCUT2D eigenvalue weighted by molar-refractivity contribution is 7.91. The van der Waals surface area contributed by atoms with E-state index in [1.807, 2.05) is 23.1 Å². The molecule has 0 bridgehead atoms. The standard InChI is InChI=1S/C20H26N4O5S2/c1-2-30(26,27)18-8-4-3-7-17(18)20(25)22-11-16-31(28,29)24-14-12-23(13-15-24)19-9-5-6-10-21-19/h3-10H,2,11-16H2,1H3,(H,22,25). The minimum Gasteiger partial charge on any atom is -0.354 e. The number of carbonyl (C=O) groups is 1. The van der Waals surface area contributed by atoms with Gasteiger partial charge >= 0.3 is 0 Å². The van der Waals surface area contributed by atoms with E-state index in [2.05, 4.69) is 10.3 Å². The van der Waals surface area contributed by atoms with Crippen LogP contribution in [-0.2, 0) is 19.9 Å². The van der Waals surface area contributed by atoms with Crippen molar-refractivity contribution in [2.45, 2.75) is 11.8 Å². The molecule has 0 aliphatic carbocycles. The Bertz CT molecular complexity index is 1110. The Morgan fingerprint density at radius 3 is 2.32 bits per heavy atom. The van der Waals surface area contributed by atoms with Gasteiger partial charge in [-0.15, -0.1) is 0 Å². The van der Waals surface area contributed by atoms with Crippen molar-refractivity contribution >= 4 is 31.6 Å². The first-order chi connectivity index (χ1) is 14.7. The molecule has 1 aromatic heterocycles. The number of pyridine rings is 1. The number of hydrogen-bond acceptors (Lipinski definition) is 7. The van der Waals surface area contributed by atoms with Gasteiger partial charge in [0, 0.05) is 38.9 Å². The van der Waals surface area contributed by atoms with E-state index < -0.39 is 25.8 Å². The van der Waals surface area contributed by atoms with E-state index in [9.17, 15) is 21.6 Å². The van der Waals surface area contributed by atoms with Crippen molar-refractivity contribution in [1.29, 1.82) is 0 Å². The SMILES string of the molecule is CCS(=O)(=O)c1ccccc1C(=O)NCCS(=O)(=O)N1CCN(c2ccccn2)CC1. The summed E-state index contributed by atoms with van der Waals surface area (Å²) < 4.78 is 51.1. The number of nitrogens with zero attached hydrogens (tertiary/aromatic N) is 3. The summed E-state index contributed by atoms with van der Waals surface area (Å²) in [7, 11) is -7.13. The molecule has 1 saturated heterocycles. The molecule has 1 aromatic carbocycles. The van der Waals surface area contributed by atoms with Crippen molar-refractivity contribution < 1.29 is 21.6 Å². The second-order valence-electron chi connectivity index (χ2n) is 7.05. The quantitative estimate of drug-likeness (QED) is 0.610. The molecule has 31 heavy (non-hydrogen) atoms. The van der Waals surface area contributed by atoms with Crippen molar-refractivity contribution in [2.24, 2.45) is 0 Å². The lowest BCUT2D eigenvalue weighted by Crippen LogP contribution is -2.50. The number of hydrogen-bond donors (Lipinski definition) is 1. The average molecular weight is 467 g/mol. The van der Waals surface area contributed by atoms with Crippen molar-refractivity contribution in [3.63, 3.8) is 0 Å². The molecule has 168 valence electrons. The molecule has 0 spiro atoms. The molecule has 1 amide bonds. The second kappa shape index (κ2) is 9.75. The van der Waals surface area contributed by atoms with Gasteiger partial charge in [0.05, 0.1) is 22.0 Å². The van der Waals surface area contributed by atoms with Crippen LogP contribution in [-0.4, -0.2) is 76.3 Å². The van der Waals surface area contributed by atoms with Gasteiger partial charge in [-0.2, -0.15) is 4.31 Å². The van der Waals surface area contributed by atoms with Crippen LogP contribution in [0.25, 0.3) is 0 Å². The van der Waals surface area contributed by atoms with Gasteiger partial charge in [0.15, 0.2) is 9.84 Å². The molecular formula is C20H26N4O5S2. The molecule has 2 heterocycles. The van der Waals surface area contributed by atoms with Gasteiger partial charge in [-0.3, -0.25) is 4.79 Å². The number of rotatable bonds is 8. The van der Waals surface area contributed by atoms with Gasteiger partial charge in [-0.1, -0.05) is 25.1 Å². The first kappa shape index (κ1) is 23.2. The first-order valence-electron chi connectivity index (χ1n) is 9.98. The first-order valence-corrected chi connectivity index (χ1v) is 13.2. The number of benzene rings is 1. The fourth-order valence-electron chi connectivity index (χ4n) is 3.33. The maximum Gasteiger partial charge on any atom is 0.252 e. The lowest BCUT2D eigenvalue weighted by atomic mass is 10.2. The summed E-state index contributed by atoms with van der Waals surface area (Å²) in [5.74, 6) is -0.184. The van der Waals surface area contributed by atoms with Gasteiger partial charge in [-0.05, 0) is 24.3 Å². The monoisotopic (exact) mass is 466 g/mol. The summed E-state index contributed by atoms with van der Waals surface area (Å²) in [5, 5.41) is 2.54. The lowest BCUT2D eigenvalue weighted by molar-refractivity contribution is 0.0952. The van der Waals surface area contributed by atoms with Gasteiger partial charge in [0.25, 0.3) is 5.91 Å². The van der Waals surface area contributed by atoms with Crippen LogP contribution in [0.15, 0.2) is 53.6 Å². The third kappa shape index (κ3) is 5.60. The minimum absolute atomic E-state index is 0.0192. The summed E-state index contributed by atoms with van der Waals surface area (Å²) in [5.41, 5.74) is 0.0192. The molecule has 3 rings (SSSR count). The molecular weight excluding hydrogens is 440 g/mol. The number of anilines is 1. The van der Waals surface area contributed by atoms with Crippen LogP contribution in [0.2, 0.25) is 0 Å². The zero-order valence-electron chi connectivity index (χ0n) is 17.3. The van der Waals surface area contributed by atoms with Crippen molar-refractivity contribution in [3.8, 4) is 0 Å². The molecule has 2 aromatic rings. The molecule has 1 aliphatic rings. The Labute approximate surface area is 183 Å². The van der Waals surface area contributed by atoms with Crippen LogP contribution < -0.4 is 10.2 Å².